The Morgan fingerprint density at radius 2 is 2.45 bits per heavy atom. The van der Waals surface area contributed by atoms with Crippen molar-refractivity contribution in [2.24, 2.45) is 0 Å². The topological polar surface area (TPSA) is 3.24 Å². The number of hydrogen-bond acceptors (Lipinski definition) is 2. The van der Waals surface area contributed by atoms with Crippen molar-refractivity contribution >= 4 is 11.8 Å². The molecular formula is C9H17NS. The summed E-state index contributed by atoms with van der Waals surface area (Å²) in [4.78, 5) is 4.08. The van der Waals surface area contributed by atoms with E-state index in [4.69, 9.17) is 0 Å². The first-order valence-corrected chi connectivity index (χ1v) is 5.54. The molecule has 0 amide bonds. The molecule has 0 N–H and O–H groups in total. The third-order valence-corrected chi connectivity index (χ3v) is 2.82. The predicted octanol–water partition coefficient (Wildman–Crippen LogP) is 2.35. The van der Waals surface area contributed by atoms with Gasteiger partial charge in [-0.15, -0.1) is 11.8 Å². The second-order valence-electron chi connectivity index (χ2n) is 2.94. The Morgan fingerprint density at radius 1 is 1.64 bits per heavy atom. The largest absolute Gasteiger partial charge is 0.298 e. The van der Waals surface area contributed by atoms with Crippen LogP contribution in [0.5, 0.6) is 0 Å². The normalized spacial score (nSPS) is 20.0. The summed E-state index contributed by atoms with van der Waals surface area (Å²) in [5.74, 6) is 0. The van der Waals surface area contributed by atoms with Crippen molar-refractivity contribution in [3.63, 3.8) is 0 Å². The van der Waals surface area contributed by atoms with Crippen molar-refractivity contribution in [2.45, 2.75) is 19.8 Å². The number of rotatable bonds is 3. The van der Waals surface area contributed by atoms with Gasteiger partial charge in [0, 0.05) is 13.1 Å². The molecule has 0 bridgehead atoms. The molecule has 0 aromatic rings. The second-order valence-corrected chi connectivity index (χ2v) is 3.87. The lowest BCUT2D eigenvalue weighted by Gasteiger charge is -2.25. The molecule has 1 aliphatic heterocycles. The molecule has 1 aliphatic rings. The Labute approximate surface area is 73.8 Å². The molecule has 1 rings (SSSR count). The average molecular weight is 171 g/mol. The summed E-state index contributed by atoms with van der Waals surface area (Å²) in [5, 5.41) is 0. The third kappa shape index (κ3) is 2.88. The van der Waals surface area contributed by atoms with Crippen LogP contribution in [0.4, 0.5) is 0 Å². The quantitative estimate of drug-likeness (QED) is 0.641. The fourth-order valence-corrected chi connectivity index (χ4v) is 2.02. The lowest BCUT2D eigenvalue weighted by atomic mass is 10.2. The number of thioether (sulfide) groups is 1. The van der Waals surface area contributed by atoms with Crippen LogP contribution in [0.3, 0.4) is 0 Å². The van der Waals surface area contributed by atoms with Crippen molar-refractivity contribution < 1.29 is 0 Å². The molecule has 0 spiro atoms. The van der Waals surface area contributed by atoms with Gasteiger partial charge in [0.1, 0.15) is 0 Å². The minimum atomic E-state index is 1.19. The molecular weight excluding hydrogens is 154 g/mol. The first-order valence-electron chi connectivity index (χ1n) is 4.32. The Morgan fingerprint density at radius 3 is 3.09 bits per heavy atom. The van der Waals surface area contributed by atoms with Crippen LogP contribution < -0.4 is 0 Å². The Kier molecular flexibility index (Phi) is 4.02. The standard InChI is InChI=1S/C9H17NS/c1-3-6-10-7-4-5-9(8-10)11-2/h5H,3-4,6-8H2,1-2H3. The summed E-state index contributed by atoms with van der Waals surface area (Å²) in [5.41, 5.74) is 0. The van der Waals surface area contributed by atoms with E-state index in [9.17, 15) is 0 Å². The van der Waals surface area contributed by atoms with Crippen molar-refractivity contribution in [1.82, 2.24) is 4.90 Å². The lowest BCUT2D eigenvalue weighted by Crippen LogP contribution is -2.29. The molecule has 0 fully saturated rings. The highest BCUT2D eigenvalue weighted by atomic mass is 32.2. The predicted molar refractivity (Wildman–Crippen MR) is 52.9 cm³/mol. The van der Waals surface area contributed by atoms with Gasteiger partial charge in [-0.2, -0.15) is 0 Å². The summed E-state index contributed by atoms with van der Waals surface area (Å²) in [7, 11) is 0. The monoisotopic (exact) mass is 171 g/mol. The van der Waals surface area contributed by atoms with Gasteiger partial charge in [-0.05, 0) is 30.5 Å². The molecule has 1 heterocycles. The van der Waals surface area contributed by atoms with E-state index < -0.39 is 0 Å². The van der Waals surface area contributed by atoms with Crippen molar-refractivity contribution in [3.8, 4) is 0 Å². The summed E-state index contributed by atoms with van der Waals surface area (Å²) < 4.78 is 0. The van der Waals surface area contributed by atoms with Crippen LogP contribution >= 0.6 is 11.8 Å². The smallest absolute Gasteiger partial charge is 0.0290 e. The van der Waals surface area contributed by atoms with E-state index in [2.05, 4.69) is 24.2 Å². The van der Waals surface area contributed by atoms with Crippen LogP contribution in [0.1, 0.15) is 19.8 Å². The molecule has 0 saturated heterocycles. The SMILES string of the molecule is CCCN1CCC=C(SC)C1. The fourth-order valence-electron chi connectivity index (χ4n) is 1.43. The maximum Gasteiger partial charge on any atom is 0.0290 e. The highest BCUT2D eigenvalue weighted by Gasteiger charge is 2.09. The third-order valence-electron chi connectivity index (χ3n) is 2.00. The van der Waals surface area contributed by atoms with Gasteiger partial charge in [-0.1, -0.05) is 13.0 Å². The Bertz CT molecular complexity index is 142. The summed E-state index contributed by atoms with van der Waals surface area (Å²) in [6.45, 7) is 5.96. The first-order chi connectivity index (χ1) is 5.36. The first kappa shape index (κ1) is 9.14. The van der Waals surface area contributed by atoms with Crippen LogP contribution in [0.25, 0.3) is 0 Å². The number of hydrogen-bond donors (Lipinski definition) is 0. The zero-order valence-corrected chi connectivity index (χ0v) is 8.28. The van der Waals surface area contributed by atoms with E-state index >= 15 is 0 Å². The van der Waals surface area contributed by atoms with Crippen LogP contribution in [-0.4, -0.2) is 30.8 Å². The van der Waals surface area contributed by atoms with Gasteiger partial charge in [0.25, 0.3) is 0 Å². The van der Waals surface area contributed by atoms with Gasteiger partial charge in [0.15, 0.2) is 0 Å². The molecule has 0 saturated carbocycles. The summed E-state index contributed by atoms with van der Waals surface area (Å²) >= 11 is 1.89. The highest BCUT2D eigenvalue weighted by molar-refractivity contribution is 8.02. The lowest BCUT2D eigenvalue weighted by molar-refractivity contribution is 0.297. The van der Waals surface area contributed by atoms with Gasteiger partial charge in [-0.25, -0.2) is 0 Å². The molecule has 0 aliphatic carbocycles. The van der Waals surface area contributed by atoms with E-state index in [0.717, 1.165) is 0 Å². The molecule has 0 atom stereocenters. The van der Waals surface area contributed by atoms with Crippen LogP contribution in [0, 0.1) is 0 Å². The van der Waals surface area contributed by atoms with E-state index in [1.165, 1.54) is 32.5 Å². The Hall–Kier alpha value is 0.0500. The van der Waals surface area contributed by atoms with Gasteiger partial charge in [0.05, 0.1) is 0 Å². The van der Waals surface area contributed by atoms with Crippen LogP contribution in [-0.2, 0) is 0 Å². The molecule has 2 heteroatoms. The van der Waals surface area contributed by atoms with E-state index in [0.29, 0.717) is 0 Å². The van der Waals surface area contributed by atoms with Gasteiger partial charge >= 0.3 is 0 Å². The van der Waals surface area contributed by atoms with Crippen LogP contribution in [0.2, 0.25) is 0 Å². The maximum atomic E-state index is 2.53. The van der Waals surface area contributed by atoms with Gasteiger partial charge in [0.2, 0.25) is 0 Å². The molecule has 11 heavy (non-hydrogen) atoms. The summed E-state index contributed by atoms with van der Waals surface area (Å²) in [6.07, 6.45) is 7.07. The molecule has 1 nitrogen and oxygen atoms in total. The Balaban J connectivity index is 2.33. The molecule has 0 unspecified atom stereocenters. The molecule has 0 aromatic carbocycles. The average Bonchev–Trinajstić information content (AvgIpc) is 2.06. The van der Waals surface area contributed by atoms with Crippen molar-refractivity contribution in [3.05, 3.63) is 11.0 Å². The summed E-state index contributed by atoms with van der Waals surface area (Å²) in [6, 6.07) is 0. The molecule has 0 aromatic heterocycles. The highest BCUT2D eigenvalue weighted by Crippen LogP contribution is 2.18. The van der Waals surface area contributed by atoms with Crippen molar-refractivity contribution in [2.75, 3.05) is 25.9 Å². The molecule has 0 radical (unpaired) electrons. The van der Waals surface area contributed by atoms with Gasteiger partial charge < -0.3 is 0 Å². The zero-order valence-electron chi connectivity index (χ0n) is 7.47. The fraction of sp³-hybridized carbons (Fsp3) is 0.778. The van der Waals surface area contributed by atoms with Crippen LogP contribution in [0.15, 0.2) is 11.0 Å². The second kappa shape index (κ2) is 4.83. The van der Waals surface area contributed by atoms with Gasteiger partial charge in [-0.3, -0.25) is 4.90 Å². The minimum absolute atomic E-state index is 1.19. The van der Waals surface area contributed by atoms with E-state index in [-0.39, 0.29) is 0 Å². The maximum absolute atomic E-state index is 2.53. The van der Waals surface area contributed by atoms with E-state index in [1.807, 2.05) is 11.8 Å². The zero-order chi connectivity index (χ0) is 8.10. The molecule has 64 valence electrons. The van der Waals surface area contributed by atoms with E-state index in [1.54, 1.807) is 4.91 Å². The minimum Gasteiger partial charge on any atom is -0.298 e. The van der Waals surface area contributed by atoms with Crippen molar-refractivity contribution in [1.29, 1.82) is 0 Å². The number of nitrogens with zero attached hydrogens (tertiary/aromatic N) is 1.